The molecule has 0 heterocycles. The molecule has 2 atom stereocenters. The highest BCUT2D eigenvalue weighted by Crippen LogP contribution is 2.28. The molecule has 0 aromatic rings. The van der Waals surface area contributed by atoms with Gasteiger partial charge in [0.25, 0.3) is 0 Å². The van der Waals surface area contributed by atoms with Crippen LogP contribution in [0.1, 0.15) is 44.9 Å². The maximum absolute atomic E-state index is 11.8. The van der Waals surface area contributed by atoms with Gasteiger partial charge in [-0.1, -0.05) is 12.8 Å². The van der Waals surface area contributed by atoms with Crippen LogP contribution in [0.25, 0.3) is 0 Å². The van der Waals surface area contributed by atoms with Crippen LogP contribution in [0.5, 0.6) is 0 Å². The smallest absolute Gasteiger partial charge is 0.223 e. The maximum Gasteiger partial charge on any atom is 0.223 e. The molecule has 82 valence electrons. The molecule has 2 fully saturated rings. The van der Waals surface area contributed by atoms with Gasteiger partial charge in [0, 0.05) is 12.0 Å². The summed E-state index contributed by atoms with van der Waals surface area (Å²) in [5, 5.41) is 12.0. The van der Waals surface area contributed by atoms with Crippen molar-refractivity contribution in [1.82, 2.24) is 5.32 Å². The normalized spacial score (nSPS) is 31.4. The van der Waals surface area contributed by atoms with Gasteiger partial charge in [-0.3, -0.25) is 4.79 Å². The summed E-state index contributed by atoms with van der Waals surface area (Å²) in [7, 11) is 0. The van der Waals surface area contributed by atoms with Gasteiger partial charge in [-0.2, -0.15) is 5.26 Å². The second-order valence-electron chi connectivity index (χ2n) is 4.76. The van der Waals surface area contributed by atoms with E-state index in [4.69, 9.17) is 5.26 Å². The number of nitrogens with one attached hydrogen (secondary N) is 1. The van der Waals surface area contributed by atoms with Crippen molar-refractivity contribution in [2.75, 3.05) is 0 Å². The van der Waals surface area contributed by atoms with Gasteiger partial charge in [0.1, 0.15) is 0 Å². The minimum atomic E-state index is 0.0513. The minimum absolute atomic E-state index is 0.0513. The number of nitrogens with zero attached hydrogens (tertiary/aromatic N) is 1. The van der Waals surface area contributed by atoms with Crippen LogP contribution in [-0.2, 0) is 4.79 Å². The Morgan fingerprint density at radius 2 is 1.87 bits per heavy atom. The van der Waals surface area contributed by atoms with Crippen LogP contribution in [0.4, 0.5) is 0 Å². The van der Waals surface area contributed by atoms with E-state index in [0.29, 0.717) is 0 Å². The van der Waals surface area contributed by atoms with E-state index >= 15 is 0 Å². The lowest BCUT2D eigenvalue weighted by Gasteiger charge is -2.18. The molecule has 2 aliphatic rings. The Morgan fingerprint density at radius 1 is 1.13 bits per heavy atom. The largest absolute Gasteiger partial charge is 0.352 e. The van der Waals surface area contributed by atoms with Crippen LogP contribution < -0.4 is 5.32 Å². The fourth-order valence-electron chi connectivity index (χ4n) is 2.78. The molecule has 2 aliphatic carbocycles. The van der Waals surface area contributed by atoms with Crippen LogP contribution in [0.3, 0.4) is 0 Å². The monoisotopic (exact) mass is 206 g/mol. The van der Waals surface area contributed by atoms with Gasteiger partial charge in [-0.15, -0.1) is 0 Å². The van der Waals surface area contributed by atoms with Crippen LogP contribution in [0, 0.1) is 23.2 Å². The van der Waals surface area contributed by atoms with E-state index in [1.54, 1.807) is 0 Å². The lowest BCUT2D eigenvalue weighted by molar-refractivity contribution is -0.125. The topological polar surface area (TPSA) is 52.9 Å². The van der Waals surface area contributed by atoms with Crippen LogP contribution >= 0.6 is 0 Å². The molecule has 2 saturated carbocycles. The molecule has 15 heavy (non-hydrogen) atoms. The Bertz CT molecular complexity index is 276. The minimum Gasteiger partial charge on any atom is -0.352 e. The van der Waals surface area contributed by atoms with Gasteiger partial charge >= 0.3 is 0 Å². The number of rotatable bonds is 2. The molecule has 3 nitrogen and oxygen atoms in total. The van der Waals surface area contributed by atoms with E-state index in [1.165, 1.54) is 12.8 Å². The first-order valence-electron chi connectivity index (χ1n) is 6.01. The Kier molecular flexibility index (Phi) is 3.25. The maximum atomic E-state index is 11.8. The van der Waals surface area contributed by atoms with Gasteiger partial charge in [0.15, 0.2) is 0 Å². The molecule has 2 unspecified atom stereocenters. The fraction of sp³-hybridized carbons (Fsp3) is 0.833. The number of carbonyl (C=O) groups is 1. The second kappa shape index (κ2) is 4.65. The zero-order valence-corrected chi connectivity index (χ0v) is 9.04. The van der Waals surface area contributed by atoms with Crippen molar-refractivity contribution in [2.24, 2.45) is 11.8 Å². The number of hydrogen-bond acceptors (Lipinski definition) is 2. The Morgan fingerprint density at radius 3 is 2.53 bits per heavy atom. The average Bonchev–Trinajstić information content (AvgIpc) is 2.87. The Labute approximate surface area is 90.8 Å². The van der Waals surface area contributed by atoms with Crippen molar-refractivity contribution in [3.8, 4) is 6.07 Å². The van der Waals surface area contributed by atoms with E-state index in [9.17, 15) is 4.79 Å². The number of hydrogen-bond donors (Lipinski definition) is 1. The molecule has 0 spiro atoms. The molecule has 0 radical (unpaired) electrons. The van der Waals surface area contributed by atoms with Crippen LogP contribution in [-0.4, -0.2) is 11.9 Å². The third kappa shape index (κ3) is 2.31. The summed E-state index contributed by atoms with van der Waals surface area (Å²) in [6.07, 6.45) is 7.46. The predicted molar refractivity (Wildman–Crippen MR) is 56.8 cm³/mol. The lowest BCUT2D eigenvalue weighted by Crippen LogP contribution is -2.39. The molecule has 3 heteroatoms. The standard InChI is InChI=1S/C12H18N2O/c13-8-10-6-3-7-11(10)14-12(15)9-4-1-2-5-9/h9-11H,1-7H2,(H,14,15). The third-order valence-corrected chi connectivity index (χ3v) is 3.74. The molecule has 0 aromatic heterocycles. The summed E-state index contributed by atoms with van der Waals surface area (Å²) in [5.41, 5.74) is 0. The third-order valence-electron chi connectivity index (χ3n) is 3.74. The summed E-state index contributed by atoms with van der Waals surface area (Å²) in [4.78, 5) is 11.8. The highest BCUT2D eigenvalue weighted by Gasteiger charge is 2.31. The van der Waals surface area contributed by atoms with E-state index in [2.05, 4.69) is 11.4 Å². The van der Waals surface area contributed by atoms with E-state index in [1.807, 2.05) is 0 Å². The highest BCUT2D eigenvalue weighted by molar-refractivity contribution is 5.79. The molecule has 1 amide bonds. The highest BCUT2D eigenvalue weighted by atomic mass is 16.1. The predicted octanol–water partition coefficient (Wildman–Crippen LogP) is 1.99. The second-order valence-corrected chi connectivity index (χ2v) is 4.76. The molecular weight excluding hydrogens is 188 g/mol. The van der Waals surface area contributed by atoms with E-state index < -0.39 is 0 Å². The molecule has 1 N–H and O–H groups in total. The number of amides is 1. The van der Waals surface area contributed by atoms with Gasteiger partial charge in [-0.25, -0.2) is 0 Å². The van der Waals surface area contributed by atoms with Crippen molar-refractivity contribution in [3.05, 3.63) is 0 Å². The van der Waals surface area contributed by atoms with Crippen molar-refractivity contribution in [3.63, 3.8) is 0 Å². The van der Waals surface area contributed by atoms with Gasteiger partial charge in [0.2, 0.25) is 5.91 Å². The zero-order valence-electron chi connectivity index (χ0n) is 9.04. The first kappa shape index (κ1) is 10.5. The molecule has 0 aromatic carbocycles. The van der Waals surface area contributed by atoms with Crippen molar-refractivity contribution in [1.29, 1.82) is 5.26 Å². The molecule has 2 rings (SSSR count). The first-order chi connectivity index (χ1) is 7.31. The summed E-state index contributed by atoms with van der Waals surface area (Å²) in [5.74, 6) is 0.472. The number of nitriles is 1. The van der Waals surface area contributed by atoms with Crippen molar-refractivity contribution >= 4 is 5.91 Å². The quantitative estimate of drug-likeness (QED) is 0.751. The molecule has 0 saturated heterocycles. The molecular formula is C12H18N2O. The first-order valence-corrected chi connectivity index (χ1v) is 6.01. The fourth-order valence-corrected chi connectivity index (χ4v) is 2.78. The SMILES string of the molecule is N#CC1CCCC1NC(=O)C1CCCC1. The van der Waals surface area contributed by atoms with E-state index in [-0.39, 0.29) is 23.8 Å². The lowest BCUT2D eigenvalue weighted by atomic mass is 10.0. The number of carbonyl (C=O) groups excluding carboxylic acids is 1. The average molecular weight is 206 g/mol. The van der Waals surface area contributed by atoms with Crippen LogP contribution in [0.2, 0.25) is 0 Å². The van der Waals surface area contributed by atoms with Gasteiger partial charge in [0.05, 0.1) is 12.0 Å². The van der Waals surface area contributed by atoms with Crippen LogP contribution in [0.15, 0.2) is 0 Å². The summed E-state index contributed by atoms with van der Waals surface area (Å²) < 4.78 is 0. The summed E-state index contributed by atoms with van der Waals surface area (Å²) in [6.45, 7) is 0. The molecule has 0 aliphatic heterocycles. The zero-order chi connectivity index (χ0) is 10.7. The Balaban J connectivity index is 1.85. The molecule has 0 bridgehead atoms. The summed E-state index contributed by atoms with van der Waals surface area (Å²) in [6, 6.07) is 2.42. The Hall–Kier alpha value is -1.04. The van der Waals surface area contributed by atoms with Gasteiger partial charge in [-0.05, 0) is 32.1 Å². The van der Waals surface area contributed by atoms with Gasteiger partial charge < -0.3 is 5.32 Å². The van der Waals surface area contributed by atoms with Crippen molar-refractivity contribution in [2.45, 2.75) is 51.0 Å². The summed E-state index contributed by atoms with van der Waals surface area (Å²) >= 11 is 0. The van der Waals surface area contributed by atoms with E-state index in [0.717, 1.165) is 32.1 Å². The van der Waals surface area contributed by atoms with Crippen molar-refractivity contribution < 1.29 is 4.79 Å².